The number of anilines is 3. The van der Waals surface area contributed by atoms with Crippen LogP contribution in [0.5, 0.6) is 0 Å². The van der Waals surface area contributed by atoms with E-state index in [2.05, 4.69) is 48.2 Å². The molecule has 0 aliphatic rings. The second-order valence-corrected chi connectivity index (χ2v) is 8.20. The van der Waals surface area contributed by atoms with Crippen molar-refractivity contribution in [2.75, 3.05) is 4.90 Å². The third kappa shape index (κ3) is 7.10. The van der Waals surface area contributed by atoms with E-state index in [0.717, 1.165) is 35.5 Å². The van der Waals surface area contributed by atoms with Gasteiger partial charge in [-0.15, -0.1) is 0 Å². The van der Waals surface area contributed by atoms with Crippen LogP contribution >= 0.6 is 0 Å². The highest BCUT2D eigenvalue weighted by Crippen LogP contribution is 2.34. The van der Waals surface area contributed by atoms with Gasteiger partial charge in [0, 0.05) is 29.0 Å². The Balaban J connectivity index is 1.58. The second kappa shape index (κ2) is 12.7. The molecule has 31 heavy (non-hydrogen) atoms. The van der Waals surface area contributed by atoms with Crippen LogP contribution in [0.25, 0.3) is 0 Å². The summed E-state index contributed by atoms with van der Waals surface area (Å²) in [5.41, 5.74) is 4.08. The van der Waals surface area contributed by atoms with Crippen LogP contribution in [0.15, 0.2) is 84.9 Å². The van der Waals surface area contributed by atoms with Crippen LogP contribution < -0.4 is 4.90 Å². The number of hydrogen-bond donors (Lipinski definition) is 0. The number of ketones is 1. The van der Waals surface area contributed by atoms with Gasteiger partial charge < -0.3 is 4.90 Å². The van der Waals surface area contributed by atoms with Gasteiger partial charge in [-0.25, -0.2) is 0 Å². The zero-order valence-electron chi connectivity index (χ0n) is 18.8. The number of unbranched alkanes of at least 4 members (excludes halogenated alkanes) is 7. The van der Waals surface area contributed by atoms with Crippen molar-refractivity contribution in [1.29, 1.82) is 0 Å². The minimum Gasteiger partial charge on any atom is -0.311 e. The summed E-state index contributed by atoms with van der Waals surface area (Å²) in [4.78, 5) is 14.8. The van der Waals surface area contributed by atoms with Gasteiger partial charge in [0.2, 0.25) is 0 Å². The first kappa shape index (κ1) is 22.8. The summed E-state index contributed by atoms with van der Waals surface area (Å²) in [5, 5.41) is 0. The van der Waals surface area contributed by atoms with E-state index in [1.54, 1.807) is 0 Å². The molecule has 162 valence electrons. The lowest BCUT2D eigenvalue weighted by Crippen LogP contribution is -2.10. The fourth-order valence-electron chi connectivity index (χ4n) is 3.96. The fourth-order valence-corrected chi connectivity index (χ4v) is 3.96. The summed E-state index contributed by atoms with van der Waals surface area (Å²) in [5.74, 6) is 0.253. The molecular formula is C29H35NO. The van der Waals surface area contributed by atoms with E-state index in [-0.39, 0.29) is 5.78 Å². The molecule has 0 fully saturated rings. The van der Waals surface area contributed by atoms with E-state index in [1.165, 1.54) is 38.5 Å². The van der Waals surface area contributed by atoms with Crippen molar-refractivity contribution < 1.29 is 4.79 Å². The maximum atomic E-state index is 12.6. The number of para-hydroxylation sites is 2. The van der Waals surface area contributed by atoms with Gasteiger partial charge in [0.15, 0.2) is 5.78 Å². The Bertz CT molecular complexity index is 848. The third-order valence-corrected chi connectivity index (χ3v) is 5.73. The van der Waals surface area contributed by atoms with E-state index < -0.39 is 0 Å². The van der Waals surface area contributed by atoms with E-state index in [1.807, 2.05) is 48.5 Å². The lowest BCUT2D eigenvalue weighted by Gasteiger charge is -2.25. The number of carbonyl (C=O) groups is 1. The van der Waals surface area contributed by atoms with Gasteiger partial charge >= 0.3 is 0 Å². The standard InChI is InChI=1S/C29H35NO/c1-2-3-4-5-6-7-8-15-20-29(31)25-21-23-28(24-22-25)30(26-16-11-9-12-17-26)27-18-13-10-14-19-27/h9-14,16-19,21-24H,2-8,15,20H2,1H3. The average Bonchev–Trinajstić information content (AvgIpc) is 2.83. The van der Waals surface area contributed by atoms with E-state index in [4.69, 9.17) is 0 Å². The Morgan fingerprint density at radius 1 is 0.581 bits per heavy atom. The van der Waals surface area contributed by atoms with Crippen LogP contribution in [0.4, 0.5) is 17.1 Å². The molecule has 2 nitrogen and oxygen atoms in total. The van der Waals surface area contributed by atoms with Gasteiger partial charge in [-0.05, 0) is 55.0 Å². The molecule has 3 aromatic rings. The molecule has 0 N–H and O–H groups in total. The van der Waals surface area contributed by atoms with E-state index in [0.29, 0.717) is 6.42 Å². The fraction of sp³-hybridized carbons (Fsp3) is 0.345. The zero-order valence-corrected chi connectivity index (χ0v) is 18.8. The van der Waals surface area contributed by atoms with Crippen molar-refractivity contribution in [2.24, 2.45) is 0 Å². The summed E-state index contributed by atoms with van der Waals surface area (Å²) in [6.07, 6.45) is 10.7. The minimum atomic E-state index is 0.253. The summed E-state index contributed by atoms with van der Waals surface area (Å²) in [6, 6.07) is 28.7. The summed E-state index contributed by atoms with van der Waals surface area (Å²) in [6.45, 7) is 2.25. The maximum absolute atomic E-state index is 12.6. The molecule has 0 bridgehead atoms. The molecule has 0 aliphatic heterocycles. The molecular weight excluding hydrogens is 378 g/mol. The molecule has 3 rings (SSSR count). The highest BCUT2D eigenvalue weighted by Gasteiger charge is 2.13. The Labute approximate surface area is 187 Å². The van der Waals surface area contributed by atoms with Gasteiger partial charge in [-0.3, -0.25) is 4.79 Å². The van der Waals surface area contributed by atoms with Crippen LogP contribution in [0.3, 0.4) is 0 Å². The molecule has 0 aromatic heterocycles. The zero-order chi connectivity index (χ0) is 21.7. The van der Waals surface area contributed by atoms with Crippen molar-refractivity contribution in [3.05, 3.63) is 90.5 Å². The van der Waals surface area contributed by atoms with Crippen molar-refractivity contribution in [3.8, 4) is 0 Å². The molecule has 0 spiro atoms. The van der Waals surface area contributed by atoms with Crippen LogP contribution in [-0.4, -0.2) is 5.78 Å². The lowest BCUT2D eigenvalue weighted by molar-refractivity contribution is 0.0979. The van der Waals surface area contributed by atoms with Gasteiger partial charge in [0.05, 0.1) is 0 Å². The predicted molar refractivity (Wildman–Crippen MR) is 133 cm³/mol. The van der Waals surface area contributed by atoms with Gasteiger partial charge in [-0.1, -0.05) is 88.3 Å². The first-order valence-electron chi connectivity index (χ1n) is 11.8. The highest BCUT2D eigenvalue weighted by molar-refractivity contribution is 5.96. The average molecular weight is 414 g/mol. The first-order valence-corrected chi connectivity index (χ1v) is 11.8. The minimum absolute atomic E-state index is 0.253. The molecule has 0 saturated heterocycles. The third-order valence-electron chi connectivity index (χ3n) is 5.73. The van der Waals surface area contributed by atoms with Crippen LogP contribution in [-0.2, 0) is 0 Å². The van der Waals surface area contributed by atoms with Gasteiger partial charge in [0.1, 0.15) is 0 Å². The molecule has 2 heteroatoms. The Hall–Kier alpha value is -2.87. The highest BCUT2D eigenvalue weighted by atomic mass is 16.1. The van der Waals surface area contributed by atoms with Crippen LogP contribution in [0, 0.1) is 0 Å². The summed E-state index contributed by atoms with van der Waals surface area (Å²) in [7, 11) is 0. The van der Waals surface area contributed by atoms with Crippen molar-refractivity contribution >= 4 is 22.8 Å². The molecule has 3 aromatic carbocycles. The number of rotatable bonds is 13. The van der Waals surface area contributed by atoms with E-state index >= 15 is 0 Å². The Kier molecular flexibility index (Phi) is 9.37. The van der Waals surface area contributed by atoms with Crippen LogP contribution in [0.1, 0.15) is 75.1 Å². The van der Waals surface area contributed by atoms with Crippen molar-refractivity contribution in [1.82, 2.24) is 0 Å². The molecule has 0 radical (unpaired) electrons. The molecule has 0 atom stereocenters. The normalized spacial score (nSPS) is 10.7. The van der Waals surface area contributed by atoms with Gasteiger partial charge in [0.25, 0.3) is 0 Å². The predicted octanol–water partition coefficient (Wildman–Crippen LogP) is 8.87. The summed E-state index contributed by atoms with van der Waals surface area (Å²) < 4.78 is 0. The molecule has 0 heterocycles. The smallest absolute Gasteiger partial charge is 0.162 e. The van der Waals surface area contributed by atoms with E-state index in [9.17, 15) is 4.79 Å². The number of nitrogens with zero attached hydrogens (tertiary/aromatic N) is 1. The lowest BCUT2D eigenvalue weighted by atomic mass is 10.0. The first-order chi connectivity index (χ1) is 15.3. The molecule has 0 amide bonds. The second-order valence-electron chi connectivity index (χ2n) is 8.20. The van der Waals surface area contributed by atoms with Gasteiger partial charge in [-0.2, -0.15) is 0 Å². The topological polar surface area (TPSA) is 20.3 Å². The number of benzene rings is 3. The Morgan fingerprint density at radius 2 is 1.03 bits per heavy atom. The molecule has 0 unspecified atom stereocenters. The number of Topliss-reactive ketones (excluding diaryl/α,β-unsaturated/α-hetero) is 1. The quantitative estimate of drug-likeness (QED) is 0.206. The number of carbonyl (C=O) groups excluding carboxylic acids is 1. The Morgan fingerprint density at radius 3 is 1.55 bits per heavy atom. The number of hydrogen-bond acceptors (Lipinski definition) is 2. The van der Waals surface area contributed by atoms with Crippen molar-refractivity contribution in [2.45, 2.75) is 64.7 Å². The largest absolute Gasteiger partial charge is 0.311 e. The SMILES string of the molecule is CCCCCCCCCCC(=O)c1ccc(N(c2ccccc2)c2ccccc2)cc1. The monoisotopic (exact) mass is 413 g/mol. The summed E-state index contributed by atoms with van der Waals surface area (Å²) >= 11 is 0. The maximum Gasteiger partial charge on any atom is 0.162 e. The molecule has 0 aliphatic carbocycles. The van der Waals surface area contributed by atoms with Crippen molar-refractivity contribution in [3.63, 3.8) is 0 Å². The van der Waals surface area contributed by atoms with Crippen LogP contribution in [0.2, 0.25) is 0 Å². The molecule has 0 saturated carbocycles.